The fourth-order valence-electron chi connectivity index (χ4n) is 2.35. The first-order valence-corrected chi connectivity index (χ1v) is 8.22. The molecule has 0 aliphatic rings. The number of Topliss-reactive ketones (excluding diaryl/α,β-unsaturated/α-hetero) is 2. The van der Waals surface area contributed by atoms with Crippen LogP contribution in [0.5, 0.6) is 17.2 Å². The summed E-state index contributed by atoms with van der Waals surface area (Å²) in [4.78, 5) is 23.5. The van der Waals surface area contributed by atoms with Crippen molar-refractivity contribution < 1.29 is 19.1 Å². The summed E-state index contributed by atoms with van der Waals surface area (Å²) in [5, 5.41) is 0. The number of hydrogen-bond acceptors (Lipinski definition) is 4. The molecule has 4 heteroatoms. The summed E-state index contributed by atoms with van der Waals surface area (Å²) in [6.07, 6.45) is 0. The van der Waals surface area contributed by atoms with E-state index >= 15 is 0 Å². The third-order valence-corrected chi connectivity index (χ3v) is 3.79. The fourth-order valence-corrected chi connectivity index (χ4v) is 2.35. The fraction of sp³-hybridized carbons (Fsp3) is 0.0909. The number of rotatable bonds is 7. The highest BCUT2D eigenvalue weighted by Gasteiger charge is 2.08. The van der Waals surface area contributed by atoms with Gasteiger partial charge in [-0.2, -0.15) is 0 Å². The molecule has 0 atom stereocenters. The number of carbonyl (C=O) groups is 2. The van der Waals surface area contributed by atoms with E-state index in [1.165, 1.54) is 6.92 Å². The van der Waals surface area contributed by atoms with Crippen LogP contribution in [-0.2, 0) is 0 Å². The number of hydrogen-bond donors (Lipinski definition) is 0. The molecule has 0 N–H and O–H groups in total. The van der Waals surface area contributed by atoms with Crippen molar-refractivity contribution in [2.45, 2.75) is 6.92 Å². The lowest BCUT2D eigenvalue weighted by Crippen LogP contribution is -2.11. The average Bonchev–Trinajstić information content (AvgIpc) is 2.68. The Balaban J connectivity index is 1.57. The van der Waals surface area contributed by atoms with E-state index in [4.69, 9.17) is 9.47 Å². The minimum Gasteiger partial charge on any atom is -0.485 e. The molecule has 0 saturated carbocycles. The van der Waals surface area contributed by atoms with E-state index < -0.39 is 0 Å². The Kier molecular flexibility index (Phi) is 5.44. The molecule has 130 valence electrons. The zero-order valence-electron chi connectivity index (χ0n) is 14.3. The number of carbonyl (C=O) groups excluding carboxylic acids is 2. The molecule has 0 amide bonds. The molecule has 0 bridgehead atoms. The van der Waals surface area contributed by atoms with Gasteiger partial charge in [-0.05, 0) is 67.6 Å². The van der Waals surface area contributed by atoms with E-state index in [1.807, 2.05) is 30.3 Å². The Hall–Kier alpha value is -3.40. The van der Waals surface area contributed by atoms with E-state index in [0.717, 1.165) is 5.75 Å². The molecule has 0 unspecified atom stereocenters. The van der Waals surface area contributed by atoms with Crippen molar-refractivity contribution in [1.82, 2.24) is 0 Å². The van der Waals surface area contributed by atoms with Crippen LogP contribution in [0.3, 0.4) is 0 Å². The third-order valence-electron chi connectivity index (χ3n) is 3.79. The Morgan fingerprint density at radius 1 is 0.692 bits per heavy atom. The Labute approximate surface area is 152 Å². The second-order valence-electron chi connectivity index (χ2n) is 5.73. The van der Waals surface area contributed by atoms with Crippen LogP contribution >= 0.6 is 0 Å². The maximum atomic E-state index is 12.2. The van der Waals surface area contributed by atoms with Crippen molar-refractivity contribution in [2.24, 2.45) is 0 Å². The van der Waals surface area contributed by atoms with Crippen LogP contribution < -0.4 is 9.47 Å². The summed E-state index contributed by atoms with van der Waals surface area (Å²) in [5.41, 5.74) is 1.16. The number of ether oxygens (including phenoxy) is 2. The molecule has 3 rings (SSSR count). The number of ketones is 2. The molecular formula is C22H18O4. The normalized spacial score (nSPS) is 10.2. The summed E-state index contributed by atoms with van der Waals surface area (Å²) < 4.78 is 11.2. The first-order chi connectivity index (χ1) is 12.6. The standard InChI is InChI=1S/C22H18O4/c1-16(23)17-7-11-19(12-8-17)25-15-22(24)18-9-13-21(14-10-18)26-20-5-3-2-4-6-20/h2-14H,15H2,1H3. The average molecular weight is 346 g/mol. The van der Waals surface area contributed by atoms with Crippen molar-refractivity contribution in [2.75, 3.05) is 6.61 Å². The molecule has 0 aromatic heterocycles. The molecule has 0 fully saturated rings. The second kappa shape index (κ2) is 8.12. The second-order valence-corrected chi connectivity index (χ2v) is 5.73. The zero-order chi connectivity index (χ0) is 18.4. The van der Waals surface area contributed by atoms with E-state index in [0.29, 0.717) is 22.6 Å². The maximum Gasteiger partial charge on any atom is 0.200 e. The third kappa shape index (κ3) is 4.57. The highest BCUT2D eigenvalue weighted by Crippen LogP contribution is 2.21. The van der Waals surface area contributed by atoms with Crippen LogP contribution in [0.2, 0.25) is 0 Å². The van der Waals surface area contributed by atoms with E-state index in [2.05, 4.69) is 0 Å². The van der Waals surface area contributed by atoms with Crippen molar-refractivity contribution in [1.29, 1.82) is 0 Å². The Bertz CT molecular complexity index is 882. The van der Waals surface area contributed by atoms with Gasteiger partial charge in [0.1, 0.15) is 17.2 Å². The minimum absolute atomic E-state index is 0.00885. The van der Waals surface area contributed by atoms with Gasteiger partial charge in [-0.15, -0.1) is 0 Å². The highest BCUT2D eigenvalue weighted by molar-refractivity contribution is 5.97. The zero-order valence-corrected chi connectivity index (χ0v) is 14.3. The topological polar surface area (TPSA) is 52.6 Å². The summed E-state index contributed by atoms with van der Waals surface area (Å²) in [6, 6.07) is 23.1. The lowest BCUT2D eigenvalue weighted by atomic mass is 10.1. The van der Waals surface area contributed by atoms with Crippen LogP contribution in [0.4, 0.5) is 0 Å². The maximum absolute atomic E-state index is 12.2. The van der Waals surface area contributed by atoms with Gasteiger partial charge in [0.05, 0.1) is 0 Å². The first-order valence-electron chi connectivity index (χ1n) is 8.22. The van der Waals surface area contributed by atoms with Gasteiger partial charge in [0.15, 0.2) is 18.2 Å². The van der Waals surface area contributed by atoms with E-state index in [-0.39, 0.29) is 18.2 Å². The molecule has 0 aliphatic heterocycles. The van der Waals surface area contributed by atoms with E-state index in [9.17, 15) is 9.59 Å². The molecule has 0 radical (unpaired) electrons. The van der Waals surface area contributed by atoms with E-state index in [1.54, 1.807) is 48.5 Å². The molecule has 0 saturated heterocycles. The molecule has 4 nitrogen and oxygen atoms in total. The number of benzene rings is 3. The van der Waals surface area contributed by atoms with Gasteiger partial charge >= 0.3 is 0 Å². The van der Waals surface area contributed by atoms with Crippen molar-refractivity contribution in [3.63, 3.8) is 0 Å². The minimum atomic E-state index is -0.132. The summed E-state index contributed by atoms with van der Waals surface area (Å²) in [5.74, 6) is 1.81. The lowest BCUT2D eigenvalue weighted by Gasteiger charge is -2.08. The first kappa shape index (κ1) is 17.4. The molecule has 26 heavy (non-hydrogen) atoms. The van der Waals surface area contributed by atoms with Crippen LogP contribution in [0.25, 0.3) is 0 Å². The van der Waals surface area contributed by atoms with Crippen molar-refractivity contribution >= 4 is 11.6 Å². The quantitative estimate of drug-likeness (QED) is 0.568. The summed E-state index contributed by atoms with van der Waals surface area (Å²) in [6.45, 7) is 1.43. The largest absolute Gasteiger partial charge is 0.485 e. The van der Waals surface area contributed by atoms with Crippen LogP contribution in [0, 0.1) is 0 Å². The van der Waals surface area contributed by atoms with Crippen LogP contribution in [0.15, 0.2) is 78.9 Å². The summed E-state index contributed by atoms with van der Waals surface area (Å²) >= 11 is 0. The molecule has 0 heterocycles. The van der Waals surface area contributed by atoms with Crippen molar-refractivity contribution in [3.8, 4) is 17.2 Å². The van der Waals surface area contributed by atoms with Gasteiger partial charge in [0, 0.05) is 11.1 Å². The summed E-state index contributed by atoms with van der Waals surface area (Å²) in [7, 11) is 0. The number of para-hydroxylation sites is 1. The smallest absolute Gasteiger partial charge is 0.200 e. The Morgan fingerprint density at radius 2 is 1.23 bits per heavy atom. The predicted molar refractivity (Wildman–Crippen MR) is 99.2 cm³/mol. The van der Waals surface area contributed by atoms with Crippen LogP contribution in [-0.4, -0.2) is 18.2 Å². The molecule has 0 aliphatic carbocycles. The van der Waals surface area contributed by atoms with Gasteiger partial charge in [0.25, 0.3) is 0 Å². The van der Waals surface area contributed by atoms with Crippen LogP contribution in [0.1, 0.15) is 27.6 Å². The van der Waals surface area contributed by atoms with Gasteiger partial charge < -0.3 is 9.47 Å². The van der Waals surface area contributed by atoms with Gasteiger partial charge in [0.2, 0.25) is 0 Å². The predicted octanol–water partition coefficient (Wildman–Crippen LogP) is 4.94. The van der Waals surface area contributed by atoms with Gasteiger partial charge in [-0.25, -0.2) is 0 Å². The molecular weight excluding hydrogens is 328 g/mol. The lowest BCUT2D eigenvalue weighted by molar-refractivity contribution is 0.0920. The van der Waals surface area contributed by atoms with Gasteiger partial charge in [-0.3, -0.25) is 9.59 Å². The highest BCUT2D eigenvalue weighted by atomic mass is 16.5. The SMILES string of the molecule is CC(=O)c1ccc(OCC(=O)c2ccc(Oc3ccccc3)cc2)cc1. The molecule has 3 aromatic rings. The molecule has 3 aromatic carbocycles. The molecule has 0 spiro atoms. The Morgan fingerprint density at radius 3 is 1.85 bits per heavy atom. The monoisotopic (exact) mass is 346 g/mol. The van der Waals surface area contributed by atoms with Crippen molar-refractivity contribution in [3.05, 3.63) is 90.0 Å². The van der Waals surface area contributed by atoms with Gasteiger partial charge in [-0.1, -0.05) is 18.2 Å².